The SMILES string of the molecule is Cc1cnccc1CNCC(F)(F)F. The van der Waals surface area contributed by atoms with E-state index in [1.54, 1.807) is 18.5 Å². The predicted molar refractivity (Wildman–Crippen MR) is 46.7 cm³/mol. The van der Waals surface area contributed by atoms with Gasteiger partial charge in [0.15, 0.2) is 0 Å². The van der Waals surface area contributed by atoms with E-state index in [0.29, 0.717) is 0 Å². The highest BCUT2D eigenvalue weighted by molar-refractivity contribution is 5.21. The average Bonchev–Trinajstić information content (AvgIpc) is 2.06. The molecule has 0 atom stereocenters. The molecule has 1 aromatic heterocycles. The van der Waals surface area contributed by atoms with Gasteiger partial charge in [-0.05, 0) is 24.1 Å². The second-order valence-electron chi connectivity index (χ2n) is 3.02. The molecule has 0 spiro atoms. The van der Waals surface area contributed by atoms with Crippen LogP contribution in [-0.2, 0) is 6.54 Å². The molecule has 78 valence electrons. The summed E-state index contributed by atoms with van der Waals surface area (Å²) in [6, 6.07) is 1.71. The number of aryl methyl sites for hydroxylation is 1. The molecular weight excluding hydrogens is 193 g/mol. The lowest BCUT2D eigenvalue weighted by molar-refractivity contribution is -0.125. The quantitative estimate of drug-likeness (QED) is 0.815. The van der Waals surface area contributed by atoms with E-state index in [9.17, 15) is 13.2 Å². The minimum Gasteiger partial charge on any atom is -0.305 e. The maximum absolute atomic E-state index is 11.8. The van der Waals surface area contributed by atoms with Crippen molar-refractivity contribution in [1.29, 1.82) is 0 Å². The summed E-state index contributed by atoms with van der Waals surface area (Å²) >= 11 is 0. The normalized spacial score (nSPS) is 11.7. The topological polar surface area (TPSA) is 24.9 Å². The van der Waals surface area contributed by atoms with Crippen molar-refractivity contribution in [2.75, 3.05) is 6.54 Å². The van der Waals surface area contributed by atoms with Gasteiger partial charge in [-0.25, -0.2) is 0 Å². The van der Waals surface area contributed by atoms with Gasteiger partial charge in [0.25, 0.3) is 0 Å². The Hall–Kier alpha value is -1.10. The first-order valence-corrected chi connectivity index (χ1v) is 4.16. The van der Waals surface area contributed by atoms with Crippen LogP contribution in [0.1, 0.15) is 11.1 Å². The lowest BCUT2D eigenvalue weighted by Gasteiger charge is -2.09. The molecule has 0 saturated heterocycles. The molecule has 14 heavy (non-hydrogen) atoms. The third-order valence-electron chi connectivity index (χ3n) is 1.78. The Morgan fingerprint density at radius 1 is 1.43 bits per heavy atom. The molecule has 0 fully saturated rings. The molecule has 0 aliphatic carbocycles. The fourth-order valence-electron chi connectivity index (χ4n) is 1.04. The smallest absolute Gasteiger partial charge is 0.305 e. The van der Waals surface area contributed by atoms with Gasteiger partial charge < -0.3 is 5.32 Å². The molecule has 0 radical (unpaired) electrons. The summed E-state index contributed by atoms with van der Waals surface area (Å²) in [5.74, 6) is 0. The van der Waals surface area contributed by atoms with Crippen LogP contribution in [0.3, 0.4) is 0 Å². The highest BCUT2D eigenvalue weighted by Crippen LogP contribution is 2.13. The van der Waals surface area contributed by atoms with Crippen molar-refractivity contribution in [3.8, 4) is 0 Å². The Kier molecular flexibility index (Phi) is 3.46. The third kappa shape index (κ3) is 3.74. The fraction of sp³-hybridized carbons (Fsp3) is 0.444. The van der Waals surface area contributed by atoms with E-state index in [1.165, 1.54) is 0 Å². The number of alkyl halides is 3. The Bertz CT molecular complexity index is 296. The number of halogens is 3. The van der Waals surface area contributed by atoms with Gasteiger partial charge in [0.2, 0.25) is 0 Å². The number of aromatic nitrogens is 1. The zero-order chi connectivity index (χ0) is 10.6. The number of nitrogens with one attached hydrogen (secondary N) is 1. The zero-order valence-electron chi connectivity index (χ0n) is 7.73. The fourth-order valence-corrected chi connectivity index (χ4v) is 1.04. The number of nitrogens with zero attached hydrogens (tertiary/aromatic N) is 1. The van der Waals surface area contributed by atoms with Crippen molar-refractivity contribution in [1.82, 2.24) is 10.3 Å². The van der Waals surface area contributed by atoms with E-state index in [-0.39, 0.29) is 6.54 Å². The Balaban J connectivity index is 2.43. The number of hydrogen-bond donors (Lipinski definition) is 1. The second-order valence-corrected chi connectivity index (χ2v) is 3.02. The van der Waals surface area contributed by atoms with Crippen molar-refractivity contribution in [3.05, 3.63) is 29.6 Å². The van der Waals surface area contributed by atoms with Crippen molar-refractivity contribution < 1.29 is 13.2 Å². The number of pyridine rings is 1. The lowest BCUT2D eigenvalue weighted by atomic mass is 10.1. The summed E-state index contributed by atoms with van der Waals surface area (Å²) in [4.78, 5) is 3.85. The molecule has 5 heteroatoms. The minimum atomic E-state index is -4.15. The molecular formula is C9H11F3N2. The molecule has 1 aromatic rings. The van der Waals surface area contributed by atoms with Gasteiger partial charge >= 0.3 is 6.18 Å². The maximum Gasteiger partial charge on any atom is 0.401 e. The van der Waals surface area contributed by atoms with Gasteiger partial charge in [-0.1, -0.05) is 0 Å². The molecule has 1 N–H and O–H groups in total. The van der Waals surface area contributed by atoms with Crippen molar-refractivity contribution in [2.24, 2.45) is 0 Å². The molecule has 0 saturated carbocycles. The van der Waals surface area contributed by atoms with Gasteiger partial charge in [0.1, 0.15) is 0 Å². The van der Waals surface area contributed by atoms with Crippen LogP contribution in [0.5, 0.6) is 0 Å². The highest BCUT2D eigenvalue weighted by Gasteiger charge is 2.26. The standard InChI is InChI=1S/C9H11F3N2/c1-7-4-13-3-2-8(7)5-14-6-9(10,11)12/h2-4,14H,5-6H2,1H3. The van der Waals surface area contributed by atoms with Crippen molar-refractivity contribution in [3.63, 3.8) is 0 Å². The summed E-state index contributed by atoms with van der Waals surface area (Å²) in [5.41, 5.74) is 1.73. The van der Waals surface area contributed by atoms with Crippen LogP contribution in [0.2, 0.25) is 0 Å². The first-order valence-electron chi connectivity index (χ1n) is 4.16. The Morgan fingerprint density at radius 3 is 2.71 bits per heavy atom. The average molecular weight is 204 g/mol. The van der Waals surface area contributed by atoms with E-state index >= 15 is 0 Å². The van der Waals surface area contributed by atoms with Crippen LogP contribution in [0.25, 0.3) is 0 Å². The molecule has 1 heterocycles. The molecule has 0 amide bonds. The van der Waals surface area contributed by atoms with E-state index in [1.807, 2.05) is 6.92 Å². The molecule has 0 unspecified atom stereocenters. The van der Waals surface area contributed by atoms with Crippen LogP contribution in [0.15, 0.2) is 18.5 Å². The summed E-state index contributed by atoms with van der Waals surface area (Å²) in [5, 5.41) is 2.33. The molecule has 1 rings (SSSR count). The van der Waals surface area contributed by atoms with Crippen LogP contribution in [-0.4, -0.2) is 17.7 Å². The molecule has 2 nitrogen and oxygen atoms in total. The highest BCUT2D eigenvalue weighted by atomic mass is 19.4. The van der Waals surface area contributed by atoms with E-state index in [0.717, 1.165) is 11.1 Å². The minimum absolute atomic E-state index is 0.216. The van der Waals surface area contributed by atoms with Crippen LogP contribution in [0, 0.1) is 6.92 Å². The van der Waals surface area contributed by atoms with Gasteiger partial charge in [-0.15, -0.1) is 0 Å². The summed E-state index contributed by atoms with van der Waals surface area (Å²) in [6.07, 6.45) is -0.955. The number of hydrogen-bond acceptors (Lipinski definition) is 2. The molecule has 0 aliphatic heterocycles. The van der Waals surface area contributed by atoms with Crippen LogP contribution in [0.4, 0.5) is 13.2 Å². The first kappa shape index (κ1) is 11.0. The van der Waals surface area contributed by atoms with Crippen molar-refractivity contribution in [2.45, 2.75) is 19.6 Å². The maximum atomic E-state index is 11.8. The molecule has 0 aromatic carbocycles. The molecule has 0 aliphatic rings. The third-order valence-corrected chi connectivity index (χ3v) is 1.78. The van der Waals surface area contributed by atoms with Gasteiger partial charge in [0, 0.05) is 18.9 Å². The summed E-state index contributed by atoms with van der Waals surface area (Å²) in [7, 11) is 0. The van der Waals surface area contributed by atoms with E-state index in [2.05, 4.69) is 10.3 Å². The lowest BCUT2D eigenvalue weighted by Crippen LogP contribution is -2.28. The Labute approximate surface area is 80.2 Å². The van der Waals surface area contributed by atoms with Gasteiger partial charge in [-0.3, -0.25) is 4.98 Å². The summed E-state index contributed by atoms with van der Waals surface area (Å²) in [6.45, 7) is 1.07. The van der Waals surface area contributed by atoms with E-state index in [4.69, 9.17) is 0 Å². The summed E-state index contributed by atoms with van der Waals surface area (Å²) < 4.78 is 35.4. The first-order chi connectivity index (χ1) is 6.49. The Morgan fingerprint density at radius 2 is 2.14 bits per heavy atom. The monoisotopic (exact) mass is 204 g/mol. The largest absolute Gasteiger partial charge is 0.401 e. The van der Waals surface area contributed by atoms with Gasteiger partial charge in [-0.2, -0.15) is 13.2 Å². The van der Waals surface area contributed by atoms with Crippen molar-refractivity contribution >= 4 is 0 Å². The second kappa shape index (κ2) is 4.41. The van der Waals surface area contributed by atoms with Gasteiger partial charge in [0.05, 0.1) is 6.54 Å². The predicted octanol–water partition coefficient (Wildman–Crippen LogP) is 2.04. The van der Waals surface area contributed by atoms with Crippen LogP contribution >= 0.6 is 0 Å². The number of rotatable bonds is 3. The molecule has 0 bridgehead atoms. The van der Waals surface area contributed by atoms with Crippen LogP contribution < -0.4 is 5.32 Å². The zero-order valence-corrected chi connectivity index (χ0v) is 7.73. The van der Waals surface area contributed by atoms with E-state index < -0.39 is 12.7 Å².